The van der Waals surface area contributed by atoms with E-state index in [9.17, 15) is 9.59 Å². The predicted octanol–water partition coefficient (Wildman–Crippen LogP) is 0.0757. The monoisotopic (exact) mass is 274 g/mol. The van der Waals surface area contributed by atoms with Crippen molar-refractivity contribution >= 4 is 11.6 Å². The Balaban J connectivity index is 1.76. The second-order valence-electron chi connectivity index (χ2n) is 5.34. The first-order valence-corrected chi connectivity index (χ1v) is 6.65. The highest BCUT2D eigenvalue weighted by atomic mass is 16.5. The van der Waals surface area contributed by atoms with Gasteiger partial charge in [0.05, 0.1) is 18.2 Å². The molecule has 2 aliphatic rings. The van der Waals surface area contributed by atoms with E-state index < -0.39 is 0 Å². The van der Waals surface area contributed by atoms with Crippen LogP contribution in [0.2, 0.25) is 0 Å². The Morgan fingerprint density at radius 2 is 2.30 bits per heavy atom. The van der Waals surface area contributed by atoms with Gasteiger partial charge in [-0.3, -0.25) is 14.7 Å². The largest absolute Gasteiger partial charge is 0.376 e. The van der Waals surface area contributed by atoms with Gasteiger partial charge in [-0.1, -0.05) is 0 Å². The first-order valence-electron chi connectivity index (χ1n) is 6.65. The van der Waals surface area contributed by atoms with Gasteiger partial charge in [-0.15, -0.1) is 0 Å². The maximum atomic E-state index is 12.4. The molecule has 0 aromatic carbocycles. The van der Waals surface area contributed by atoms with E-state index in [1.54, 1.807) is 11.0 Å². The summed E-state index contributed by atoms with van der Waals surface area (Å²) in [5, 5.41) is 2.94. The highest BCUT2D eigenvalue weighted by Crippen LogP contribution is 2.22. The molecule has 4 rings (SSSR count). The average molecular weight is 274 g/mol. The normalized spacial score (nSPS) is 21.4. The van der Waals surface area contributed by atoms with E-state index in [4.69, 9.17) is 4.74 Å². The van der Waals surface area contributed by atoms with E-state index in [0.717, 1.165) is 18.7 Å². The minimum atomic E-state index is -0.191. The third-order valence-electron chi connectivity index (χ3n) is 3.89. The number of amides is 1. The zero-order valence-electron chi connectivity index (χ0n) is 11.0. The molecule has 0 aliphatic carbocycles. The lowest BCUT2D eigenvalue weighted by molar-refractivity contribution is -0.0628. The molecular weight excluding hydrogens is 260 g/mol. The number of nitrogens with zero attached hydrogens (tertiary/aromatic N) is 3. The molecule has 7 heteroatoms. The van der Waals surface area contributed by atoms with Gasteiger partial charge in [-0.25, -0.2) is 9.50 Å². The van der Waals surface area contributed by atoms with E-state index in [0.29, 0.717) is 24.3 Å². The van der Waals surface area contributed by atoms with Gasteiger partial charge in [0.25, 0.3) is 11.5 Å². The van der Waals surface area contributed by atoms with Crippen molar-refractivity contribution < 1.29 is 9.53 Å². The number of carbonyl (C=O) groups excluding carboxylic acids is 1. The van der Waals surface area contributed by atoms with Crippen molar-refractivity contribution in [3.8, 4) is 0 Å². The fraction of sp³-hybridized carbons (Fsp3) is 0.462. The Kier molecular flexibility index (Phi) is 2.29. The molecule has 1 unspecified atom stereocenters. The molecule has 1 amide bonds. The third kappa shape index (κ3) is 1.53. The lowest BCUT2D eigenvalue weighted by Crippen LogP contribution is -2.40. The highest BCUT2D eigenvalue weighted by molar-refractivity contribution is 5.96. The van der Waals surface area contributed by atoms with Crippen LogP contribution in [0.15, 0.2) is 10.9 Å². The fourth-order valence-corrected chi connectivity index (χ4v) is 2.73. The van der Waals surface area contributed by atoms with Gasteiger partial charge in [0.15, 0.2) is 5.65 Å². The van der Waals surface area contributed by atoms with Gasteiger partial charge in [-0.05, 0) is 13.3 Å². The van der Waals surface area contributed by atoms with Crippen LogP contribution in [0, 0.1) is 6.92 Å². The van der Waals surface area contributed by atoms with Crippen LogP contribution in [0.4, 0.5) is 0 Å². The molecular formula is C13H14N4O3. The fourth-order valence-electron chi connectivity index (χ4n) is 2.73. The summed E-state index contributed by atoms with van der Waals surface area (Å²) in [7, 11) is 0. The molecule has 0 saturated carbocycles. The zero-order chi connectivity index (χ0) is 13.9. The molecule has 1 fully saturated rings. The Morgan fingerprint density at radius 3 is 3.00 bits per heavy atom. The zero-order valence-corrected chi connectivity index (χ0v) is 11.0. The first-order chi connectivity index (χ1) is 9.63. The summed E-state index contributed by atoms with van der Waals surface area (Å²) in [4.78, 5) is 30.7. The summed E-state index contributed by atoms with van der Waals surface area (Å²) >= 11 is 0. The van der Waals surface area contributed by atoms with Gasteiger partial charge < -0.3 is 9.64 Å². The summed E-state index contributed by atoms with van der Waals surface area (Å²) in [6.07, 6.45) is 1.06. The van der Waals surface area contributed by atoms with Crippen molar-refractivity contribution in [2.24, 2.45) is 0 Å². The topological polar surface area (TPSA) is 79.7 Å². The SMILES string of the molecule is Cc1cc2nc3c(c(=O)n2[nH]1)CN(CC1CCO1)C3=O. The number of rotatable bonds is 2. The first kappa shape index (κ1) is 11.7. The minimum Gasteiger partial charge on any atom is -0.376 e. The summed E-state index contributed by atoms with van der Waals surface area (Å²) < 4.78 is 6.74. The molecule has 1 atom stereocenters. The van der Waals surface area contributed by atoms with E-state index in [2.05, 4.69) is 10.1 Å². The average Bonchev–Trinajstić information content (AvgIpc) is 2.87. The quantitative estimate of drug-likeness (QED) is 0.840. The minimum absolute atomic E-state index is 0.100. The number of H-pyrrole nitrogens is 1. The number of aromatic amines is 1. The van der Waals surface area contributed by atoms with Crippen LogP contribution in [-0.4, -0.2) is 44.7 Å². The molecule has 0 spiro atoms. The number of ether oxygens (including phenoxy) is 1. The summed E-state index contributed by atoms with van der Waals surface area (Å²) in [6.45, 7) is 3.46. The highest BCUT2D eigenvalue weighted by Gasteiger charge is 2.35. The van der Waals surface area contributed by atoms with Crippen molar-refractivity contribution in [3.05, 3.63) is 33.4 Å². The van der Waals surface area contributed by atoms with Crippen LogP contribution in [-0.2, 0) is 11.3 Å². The molecule has 0 bridgehead atoms. The number of fused-ring (bicyclic) bond motifs is 2. The standard InChI is InChI=1S/C13H14N4O3/c1-7-4-10-14-11-9(12(18)17(10)15-7)6-16(13(11)19)5-8-2-3-20-8/h4,8,15H,2-3,5-6H2,1H3. The maximum absolute atomic E-state index is 12.4. The van der Waals surface area contributed by atoms with Crippen molar-refractivity contribution in [2.45, 2.75) is 26.0 Å². The molecule has 2 aliphatic heterocycles. The maximum Gasteiger partial charge on any atom is 0.278 e. The molecule has 2 aromatic rings. The van der Waals surface area contributed by atoms with Gasteiger partial charge in [0.2, 0.25) is 0 Å². The molecule has 1 N–H and O–H groups in total. The van der Waals surface area contributed by atoms with Gasteiger partial charge in [0.1, 0.15) is 5.69 Å². The smallest absolute Gasteiger partial charge is 0.278 e. The Labute approximate surface area is 114 Å². The summed E-state index contributed by atoms with van der Waals surface area (Å²) in [6, 6.07) is 1.76. The summed E-state index contributed by atoms with van der Waals surface area (Å²) in [5.41, 5.74) is 1.89. The van der Waals surface area contributed by atoms with Crippen molar-refractivity contribution in [1.82, 2.24) is 19.5 Å². The molecule has 1 saturated heterocycles. The number of hydrogen-bond acceptors (Lipinski definition) is 4. The number of aromatic nitrogens is 3. The molecule has 2 aromatic heterocycles. The Morgan fingerprint density at radius 1 is 1.50 bits per heavy atom. The lowest BCUT2D eigenvalue weighted by Gasteiger charge is -2.30. The van der Waals surface area contributed by atoms with Crippen LogP contribution in [0.3, 0.4) is 0 Å². The van der Waals surface area contributed by atoms with E-state index in [1.165, 1.54) is 4.52 Å². The third-order valence-corrected chi connectivity index (χ3v) is 3.89. The van der Waals surface area contributed by atoms with E-state index in [-0.39, 0.29) is 23.3 Å². The van der Waals surface area contributed by atoms with Crippen molar-refractivity contribution in [3.63, 3.8) is 0 Å². The van der Waals surface area contributed by atoms with Crippen LogP contribution >= 0.6 is 0 Å². The summed E-state index contributed by atoms with van der Waals surface area (Å²) in [5.74, 6) is -0.172. The molecule has 20 heavy (non-hydrogen) atoms. The lowest BCUT2D eigenvalue weighted by atomic mass is 10.2. The Bertz CT molecular complexity index is 772. The second kappa shape index (κ2) is 3.92. The van der Waals surface area contributed by atoms with Crippen LogP contribution in [0.5, 0.6) is 0 Å². The molecule has 7 nitrogen and oxygen atoms in total. The number of hydrogen-bond donors (Lipinski definition) is 1. The number of aryl methyl sites for hydroxylation is 1. The second-order valence-corrected chi connectivity index (χ2v) is 5.34. The van der Waals surface area contributed by atoms with Gasteiger partial charge >= 0.3 is 0 Å². The van der Waals surface area contributed by atoms with Crippen LogP contribution in [0.1, 0.15) is 28.2 Å². The predicted molar refractivity (Wildman–Crippen MR) is 69.6 cm³/mol. The van der Waals surface area contributed by atoms with Crippen LogP contribution in [0.25, 0.3) is 5.65 Å². The van der Waals surface area contributed by atoms with Gasteiger partial charge in [0, 0.05) is 24.9 Å². The van der Waals surface area contributed by atoms with Gasteiger partial charge in [-0.2, -0.15) is 0 Å². The number of nitrogens with one attached hydrogen (secondary N) is 1. The van der Waals surface area contributed by atoms with E-state index >= 15 is 0 Å². The van der Waals surface area contributed by atoms with Crippen LogP contribution < -0.4 is 5.56 Å². The Hall–Kier alpha value is -2.15. The van der Waals surface area contributed by atoms with Crippen molar-refractivity contribution in [1.29, 1.82) is 0 Å². The van der Waals surface area contributed by atoms with E-state index in [1.807, 2.05) is 6.92 Å². The number of carbonyl (C=O) groups is 1. The molecule has 104 valence electrons. The molecule has 0 radical (unpaired) electrons. The van der Waals surface area contributed by atoms with Crippen molar-refractivity contribution in [2.75, 3.05) is 13.2 Å². The molecule has 4 heterocycles.